The zero-order chi connectivity index (χ0) is 22.8. The highest BCUT2D eigenvalue weighted by molar-refractivity contribution is 7.08. The Labute approximate surface area is 198 Å². The van der Waals surface area contributed by atoms with Gasteiger partial charge < -0.3 is 4.74 Å². The molecule has 33 heavy (non-hydrogen) atoms. The SMILES string of the molecule is CCOC(=O)C1=C(c2ccccc2)N=c2sc(=Cc3ccsc3)c(=O)n2C1c1ccccc1. The first-order chi connectivity index (χ1) is 16.2. The molecule has 0 fully saturated rings. The minimum Gasteiger partial charge on any atom is -0.463 e. The Morgan fingerprint density at radius 3 is 2.48 bits per heavy atom. The van der Waals surface area contributed by atoms with Gasteiger partial charge in [-0.1, -0.05) is 72.0 Å². The van der Waals surface area contributed by atoms with Crippen LogP contribution in [0, 0.1) is 0 Å². The summed E-state index contributed by atoms with van der Waals surface area (Å²) in [5, 5.41) is 3.97. The number of aromatic nitrogens is 1. The lowest BCUT2D eigenvalue weighted by Crippen LogP contribution is -2.39. The van der Waals surface area contributed by atoms with Crippen molar-refractivity contribution in [2.45, 2.75) is 13.0 Å². The zero-order valence-electron chi connectivity index (χ0n) is 17.8. The van der Waals surface area contributed by atoms with E-state index in [1.807, 2.05) is 83.6 Å². The van der Waals surface area contributed by atoms with Gasteiger partial charge in [-0.25, -0.2) is 9.79 Å². The van der Waals surface area contributed by atoms with E-state index >= 15 is 0 Å². The van der Waals surface area contributed by atoms with Crippen LogP contribution in [-0.2, 0) is 9.53 Å². The quantitative estimate of drug-likeness (QED) is 0.413. The molecule has 0 saturated carbocycles. The molecule has 1 aliphatic rings. The van der Waals surface area contributed by atoms with E-state index in [-0.39, 0.29) is 12.2 Å². The van der Waals surface area contributed by atoms with Gasteiger partial charge in [0.1, 0.15) is 0 Å². The van der Waals surface area contributed by atoms with Crippen LogP contribution in [0.5, 0.6) is 0 Å². The van der Waals surface area contributed by atoms with E-state index in [1.165, 1.54) is 11.3 Å². The molecular formula is C26H20N2O3S2. The minimum atomic E-state index is -0.638. The third-order valence-corrected chi connectivity index (χ3v) is 7.01. The number of hydrogen-bond acceptors (Lipinski definition) is 6. The number of ether oxygens (including phenoxy) is 1. The van der Waals surface area contributed by atoms with Gasteiger partial charge in [0.25, 0.3) is 5.56 Å². The van der Waals surface area contributed by atoms with Crippen LogP contribution in [-0.4, -0.2) is 17.1 Å². The van der Waals surface area contributed by atoms with Crippen molar-refractivity contribution >= 4 is 40.4 Å². The lowest BCUT2D eigenvalue weighted by Gasteiger charge is -2.25. The van der Waals surface area contributed by atoms with Crippen LogP contribution in [0.25, 0.3) is 11.8 Å². The fourth-order valence-electron chi connectivity index (χ4n) is 3.90. The van der Waals surface area contributed by atoms with Crippen molar-refractivity contribution in [2.24, 2.45) is 4.99 Å². The molecule has 2 aromatic heterocycles. The number of thiazole rings is 1. The molecule has 164 valence electrons. The van der Waals surface area contributed by atoms with Crippen molar-refractivity contribution in [3.63, 3.8) is 0 Å². The summed E-state index contributed by atoms with van der Waals surface area (Å²) in [6.45, 7) is 2.00. The Morgan fingerprint density at radius 2 is 1.82 bits per heavy atom. The van der Waals surface area contributed by atoms with Crippen LogP contribution in [0.1, 0.15) is 29.7 Å². The first-order valence-electron chi connectivity index (χ1n) is 10.5. The van der Waals surface area contributed by atoms with Crippen LogP contribution in [0.3, 0.4) is 0 Å². The average Bonchev–Trinajstić information content (AvgIpc) is 3.47. The number of carbonyl (C=O) groups excluding carboxylic acids is 1. The predicted octanol–water partition coefficient (Wildman–Crippen LogP) is 4.00. The van der Waals surface area contributed by atoms with E-state index in [2.05, 4.69) is 0 Å². The normalized spacial score (nSPS) is 15.8. The van der Waals surface area contributed by atoms with E-state index < -0.39 is 12.0 Å². The summed E-state index contributed by atoms with van der Waals surface area (Å²) < 4.78 is 7.65. The van der Waals surface area contributed by atoms with Crippen molar-refractivity contribution in [3.8, 4) is 0 Å². The molecule has 1 atom stereocenters. The summed E-state index contributed by atoms with van der Waals surface area (Å²) in [5.74, 6) is -0.471. The molecule has 1 unspecified atom stereocenters. The molecule has 0 amide bonds. The number of hydrogen-bond donors (Lipinski definition) is 0. The Hall–Kier alpha value is -3.55. The molecule has 1 aliphatic heterocycles. The lowest BCUT2D eigenvalue weighted by atomic mass is 9.93. The standard InChI is InChI=1S/C26H20N2O3S2/c1-2-31-25(30)21-22(18-9-5-3-6-10-18)27-26-28(23(21)19-11-7-4-8-12-19)24(29)20(33-26)15-17-13-14-32-16-17/h3-16,23H,2H2,1H3. The summed E-state index contributed by atoms with van der Waals surface area (Å²) >= 11 is 2.91. The molecular weight excluding hydrogens is 452 g/mol. The molecule has 7 heteroatoms. The van der Waals surface area contributed by atoms with Gasteiger partial charge in [0, 0.05) is 5.56 Å². The summed E-state index contributed by atoms with van der Waals surface area (Å²) in [6.07, 6.45) is 1.87. The number of nitrogens with zero attached hydrogens (tertiary/aromatic N) is 2. The Morgan fingerprint density at radius 1 is 1.09 bits per heavy atom. The maximum absolute atomic E-state index is 13.6. The molecule has 4 aromatic rings. The lowest BCUT2D eigenvalue weighted by molar-refractivity contribution is -0.138. The Balaban J connectivity index is 1.85. The number of fused-ring (bicyclic) bond motifs is 1. The molecule has 0 radical (unpaired) electrons. The zero-order valence-corrected chi connectivity index (χ0v) is 19.4. The fraction of sp³-hybridized carbons (Fsp3) is 0.115. The molecule has 0 N–H and O–H groups in total. The average molecular weight is 473 g/mol. The van der Waals surface area contributed by atoms with Crippen LogP contribution >= 0.6 is 22.7 Å². The third kappa shape index (κ3) is 4.01. The van der Waals surface area contributed by atoms with E-state index in [9.17, 15) is 9.59 Å². The number of thiophene rings is 1. The predicted molar refractivity (Wildman–Crippen MR) is 132 cm³/mol. The third-order valence-electron chi connectivity index (χ3n) is 5.33. The molecule has 0 aliphatic carbocycles. The topological polar surface area (TPSA) is 60.7 Å². The minimum absolute atomic E-state index is 0.173. The number of carbonyl (C=O) groups is 1. The largest absolute Gasteiger partial charge is 0.463 e. The summed E-state index contributed by atoms with van der Waals surface area (Å²) in [6, 6.07) is 20.5. The van der Waals surface area contributed by atoms with Gasteiger partial charge >= 0.3 is 5.97 Å². The van der Waals surface area contributed by atoms with E-state index in [1.54, 1.807) is 22.8 Å². The summed E-state index contributed by atoms with van der Waals surface area (Å²) in [7, 11) is 0. The Bertz CT molecular complexity index is 1500. The Kier molecular flexibility index (Phi) is 5.90. The maximum atomic E-state index is 13.6. The van der Waals surface area contributed by atoms with Gasteiger partial charge in [-0.2, -0.15) is 11.3 Å². The molecule has 2 aromatic carbocycles. The van der Waals surface area contributed by atoms with Gasteiger partial charge in [-0.15, -0.1) is 0 Å². The molecule has 5 nitrogen and oxygen atoms in total. The van der Waals surface area contributed by atoms with Gasteiger partial charge in [-0.05, 0) is 41.0 Å². The van der Waals surface area contributed by atoms with Gasteiger partial charge in [0.15, 0.2) is 4.80 Å². The van der Waals surface area contributed by atoms with Crippen LogP contribution in [0.4, 0.5) is 0 Å². The second-order valence-corrected chi connectivity index (χ2v) is 9.19. The van der Waals surface area contributed by atoms with Crippen LogP contribution in [0.2, 0.25) is 0 Å². The molecule has 3 heterocycles. The second kappa shape index (κ2) is 9.13. The number of benzene rings is 2. The van der Waals surface area contributed by atoms with Crippen molar-refractivity contribution in [1.29, 1.82) is 0 Å². The van der Waals surface area contributed by atoms with E-state index in [0.29, 0.717) is 20.6 Å². The van der Waals surface area contributed by atoms with Gasteiger partial charge in [0.2, 0.25) is 0 Å². The first kappa shape index (κ1) is 21.3. The molecule has 0 spiro atoms. The highest BCUT2D eigenvalue weighted by atomic mass is 32.1. The summed E-state index contributed by atoms with van der Waals surface area (Å²) in [4.78, 5) is 32.3. The second-order valence-electron chi connectivity index (χ2n) is 7.40. The van der Waals surface area contributed by atoms with Crippen LogP contribution < -0.4 is 14.9 Å². The van der Waals surface area contributed by atoms with E-state index in [4.69, 9.17) is 9.73 Å². The van der Waals surface area contributed by atoms with E-state index in [0.717, 1.165) is 16.7 Å². The fourth-order valence-corrected chi connectivity index (χ4v) is 5.52. The van der Waals surface area contributed by atoms with Crippen molar-refractivity contribution in [3.05, 3.63) is 119 Å². The first-order valence-corrected chi connectivity index (χ1v) is 12.3. The van der Waals surface area contributed by atoms with Crippen molar-refractivity contribution in [2.75, 3.05) is 6.61 Å². The van der Waals surface area contributed by atoms with Crippen LogP contribution in [0.15, 0.2) is 92.9 Å². The summed E-state index contributed by atoms with van der Waals surface area (Å²) in [5.41, 5.74) is 3.32. The highest BCUT2D eigenvalue weighted by Gasteiger charge is 2.34. The monoisotopic (exact) mass is 472 g/mol. The number of esters is 1. The maximum Gasteiger partial charge on any atom is 0.338 e. The molecule has 0 bridgehead atoms. The highest BCUT2D eigenvalue weighted by Crippen LogP contribution is 2.34. The smallest absolute Gasteiger partial charge is 0.338 e. The van der Waals surface area contributed by atoms with Crippen molar-refractivity contribution in [1.82, 2.24) is 4.57 Å². The molecule has 0 saturated heterocycles. The van der Waals surface area contributed by atoms with Gasteiger partial charge in [-0.3, -0.25) is 9.36 Å². The van der Waals surface area contributed by atoms with Gasteiger partial charge in [0.05, 0.1) is 28.5 Å². The molecule has 5 rings (SSSR count). The number of rotatable bonds is 5. The van der Waals surface area contributed by atoms with Crippen molar-refractivity contribution < 1.29 is 9.53 Å².